The van der Waals surface area contributed by atoms with Gasteiger partial charge in [-0.1, -0.05) is 0 Å². The first-order valence-electron chi connectivity index (χ1n) is 8.30. The SMILES string of the molecule is COc1ccc(NC(=O)CN(C)CCc2nc3ccc(F)cc3[nH]2)cc1. The maximum absolute atomic E-state index is 13.2. The summed E-state index contributed by atoms with van der Waals surface area (Å²) in [6.07, 6.45) is 0.641. The second-order valence-electron chi connectivity index (χ2n) is 6.11. The number of carbonyl (C=O) groups is 1. The summed E-state index contributed by atoms with van der Waals surface area (Å²) in [5, 5.41) is 2.85. The highest BCUT2D eigenvalue weighted by Crippen LogP contribution is 2.15. The van der Waals surface area contributed by atoms with Crippen LogP contribution in [-0.2, 0) is 11.2 Å². The molecule has 0 aliphatic rings. The number of carbonyl (C=O) groups excluding carboxylic acids is 1. The van der Waals surface area contributed by atoms with Gasteiger partial charge in [0.2, 0.25) is 5.91 Å². The Labute approximate surface area is 151 Å². The first-order valence-corrected chi connectivity index (χ1v) is 8.30. The van der Waals surface area contributed by atoms with Crippen molar-refractivity contribution in [1.29, 1.82) is 0 Å². The van der Waals surface area contributed by atoms with Gasteiger partial charge in [0.15, 0.2) is 0 Å². The van der Waals surface area contributed by atoms with Crippen molar-refractivity contribution in [3.8, 4) is 5.75 Å². The van der Waals surface area contributed by atoms with Crippen LogP contribution in [0.15, 0.2) is 42.5 Å². The number of H-pyrrole nitrogens is 1. The number of amides is 1. The second kappa shape index (κ2) is 7.97. The number of imidazole rings is 1. The van der Waals surface area contributed by atoms with Crippen molar-refractivity contribution in [3.63, 3.8) is 0 Å². The summed E-state index contributed by atoms with van der Waals surface area (Å²) in [5.74, 6) is 1.13. The van der Waals surface area contributed by atoms with Crippen LogP contribution in [0.1, 0.15) is 5.82 Å². The molecule has 3 rings (SSSR count). The number of halogens is 1. The molecule has 0 spiro atoms. The normalized spacial score (nSPS) is 11.1. The summed E-state index contributed by atoms with van der Waals surface area (Å²) in [4.78, 5) is 21.6. The fourth-order valence-electron chi connectivity index (χ4n) is 2.65. The third-order valence-corrected chi connectivity index (χ3v) is 4.01. The Morgan fingerprint density at radius 3 is 2.77 bits per heavy atom. The van der Waals surface area contributed by atoms with Crippen LogP contribution in [0.4, 0.5) is 10.1 Å². The Morgan fingerprint density at radius 2 is 2.04 bits per heavy atom. The molecule has 2 aromatic carbocycles. The maximum atomic E-state index is 13.2. The van der Waals surface area contributed by atoms with Crippen LogP contribution in [0.3, 0.4) is 0 Å². The van der Waals surface area contributed by atoms with Gasteiger partial charge < -0.3 is 15.0 Å². The molecule has 1 amide bonds. The van der Waals surface area contributed by atoms with Crippen molar-refractivity contribution in [2.75, 3.05) is 32.6 Å². The zero-order valence-electron chi connectivity index (χ0n) is 14.8. The standard InChI is InChI=1S/C19H21FN4O2/c1-24(12-19(25)21-14-4-6-15(26-2)7-5-14)10-9-18-22-16-8-3-13(20)11-17(16)23-18/h3-8,11H,9-10,12H2,1-2H3,(H,21,25)(H,22,23). The predicted octanol–water partition coefficient (Wildman–Crippen LogP) is 2.82. The topological polar surface area (TPSA) is 70.2 Å². The van der Waals surface area contributed by atoms with E-state index >= 15 is 0 Å². The van der Waals surface area contributed by atoms with Crippen molar-refractivity contribution in [3.05, 3.63) is 54.1 Å². The van der Waals surface area contributed by atoms with Crippen molar-refractivity contribution in [2.45, 2.75) is 6.42 Å². The van der Waals surface area contributed by atoms with Crippen LogP contribution in [0.25, 0.3) is 11.0 Å². The molecular formula is C19H21FN4O2. The minimum absolute atomic E-state index is 0.0932. The van der Waals surface area contributed by atoms with E-state index in [1.54, 1.807) is 37.4 Å². The minimum atomic E-state index is -0.292. The Hall–Kier alpha value is -2.93. The van der Waals surface area contributed by atoms with Crippen LogP contribution in [0.2, 0.25) is 0 Å². The smallest absolute Gasteiger partial charge is 0.238 e. The fraction of sp³-hybridized carbons (Fsp3) is 0.263. The lowest BCUT2D eigenvalue weighted by molar-refractivity contribution is -0.117. The maximum Gasteiger partial charge on any atom is 0.238 e. The minimum Gasteiger partial charge on any atom is -0.497 e. The van der Waals surface area contributed by atoms with Crippen molar-refractivity contribution < 1.29 is 13.9 Å². The third kappa shape index (κ3) is 4.58. The average Bonchev–Trinajstić information content (AvgIpc) is 3.02. The molecule has 0 aliphatic carbocycles. The molecule has 3 aromatic rings. The van der Waals surface area contributed by atoms with Gasteiger partial charge in [-0.3, -0.25) is 9.69 Å². The highest BCUT2D eigenvalue weighted by atomic mass is 19.1. The molecule has 26 heavy (non-hydrogen) atoms. The predicted molar refractivity (Wildman–Crippen MR) is 98.9 cm³/mol. The van der Waals surface area contributed by atoms with Crippen LogP contribution in [0, 0.1) is 5.82 Å². The van der Waals surface area contributed by atoms with E-state index in [2.05, 4.69) is 15.3 Å². The Bertz CT molecular complexity index is 892. The zero-order valence-corrected chi connectivity index (χ0v) is 14.8. The van der Waals surface area contributed by atoms with Gasteiger partial charge in [0.25, 0.3) is 0 Å². The summed E-state index contributed by atoms with van der Waals surface area (Å²) in [7, 11) is 3.47. The number of ether oxygens (including phenoxy) is 1. The van der Waals surface area contributed by atoms with E-state index in [9.17, 15) is 9.18 Å². The Morgan fingerprint density at radius 1 is 1.27 bits per heavy atom. The van der Waals surface area contributed by atoms with Crippen molar-refractivity contribution >= 4 is 22.6 Å². The number of hydrogen-bond donors (Lipinski definition) is 2. The number of likely N-dealkylation sites (N-methyl/N-ethyl adjacent to an activating group) is 1. The van der Waals surface area contributed by atoms with Gasteiger partial charge in [0.1, 0.15) is 17.4 Å². The fourth-order valence-corrected chi connectivity index (χ4v) is 2.65. The average molecular weight is 356 g/mol. The van der Waals surface area contributed by atoms with Gasteiger partial charge in [-0.25, -0.2) is 9.37 Å². The number of aromatic amines is 1. The molecule has 0 saturated heterocycles. The summed E-state index contributed by atoms with van der Waals surface area (Å²) >= 11 is 0. The molecule has 0 saturated carbocycles. The van der Waals surface area contributed by atoms with Gasteiger partial charge in [-0.2, -0.15) is 0 Å². The molecule has 7 heteroatoms. The molecule has 0 aliphatic heterocycles. The summed E-state index contributed by atoms with van der Waals surface area (Å²) < 4.78 is 18.3. The first-order chi connectivity index (χ1) is 12.5. The molecule has 0 fully saturated rings. The van der Waals surface area contributed by atoms with Crippen LogP contribution in [-0.4, -0.2) is 48.0 Å². The number of nitrogens with one attached hydrogen (secondary N) is 2. The molecule has 1 heterocycles. The van der Waals surface area contributed by atoms with E-state index in [0.717, 1.165) is 22.8 Å². The van der Waals surface area contributed by atoms with E-state index in [1.165, 1.54) is 12.1 Å². The number of anilines is 1. The zero-order chi connectivity index (χ0) is 18.5. The van der Waals surface area contributed by atoms with Crippen molar-refractivity contribution in [1.82, 2.24) is 14.9 Å². The van der Waals surface area contributed by atoms with E-state index in [0.29, 0.717) is 18.5 Å². The molecule has 136 valence electrons. The number of fused-ring (bicyclic) bond motifs is 1. The highest BCUT2D eigenvalue weighted by Gasteiger charge is 2.09. The molecule has 0 bridgehead atoms. The number of nitrogens with zero attached hydrogens (tertiary/aromatic N) is 2. The molecular weight excluding hydrogens is 335 g/mol. The molecule has 0 radical (unpaired) electrons. The number of aromatic nitrogens is 2. The van der Waals surface area contributed by atoms with Gasteiger partial charge in [0.05, 0.1) is 24.7 Å². The van der Waals surface area contributed by atoms with Crippen LogP contribution < -0.4 is 10.1 Å². The van der Waals surface area contributed by atoms with E-state index in [4.69, 9.17) is 4.74 Å². The van der Waals surface area contributed by atoms with Gasteiger partial charge in [-0.05, 0) is 49.5 Å². The van der Waals surface area contributed by atoms with Crippen LogP contribution in [0.5, 0.6) is 5.75 Å². The summed E-state index contributed by atoms with van der Waals surface area (Å²) in [6, 6.07) is 11.7. The monoisotopic (exact) mass is 356 g/mol. The van der Waals surface area contributed by atoms with Gasteiger partial charge in [-0.15, -0.1) is 0 Å². The third-order valence-electron chi connectivity index (χ3n) is 4.01. The quantitative estimate of drug-likeness (QED) is 0.683. The first kappa shape index (κ1) is 17.9. The summed E-state index contributed by atoms with van der Waals surface area (Å²) in [6.45, 7) is 0.916. The Kier molecular flexibility index (Phi) is 5.48. The number of rotatable bonds is 7. The molecule has 0 unspecified atom stereocenters. The lowest BCUT2D eigenvalue weighted by Crippen LogP contribution is -2.31. The lowest BCUT2D eigenvalue weighted by Gasteiger charge is -2.15. The largest absolute Gasteiger partial charge is 0.497 e. The van der Waals surface area contributed by atoms with Crippen LogP contribution >= 0.6 is 0 Å². The summed E-state index contributed by atoms with van der Waals surface area (Å²) in [5.41, 5.74) is 2.14. The van der Waals surface area contributed by atoms with Gasteiger partial charge in [0, 0.05) is 18.7 Å². The van der Waals surface area contributed by atoms with Gasteiger partial charge >= 0.3 is 0 Å². The number of methoxy groups -OCH3 is 1. The van der Waals surface area contributed by atoms with E-state index in [-0.39, 0.29) is 18.3 Å². The number of benzene rings is 2. The van der Waals surface area contributed by atoms with E-state index in [1.807, 2.05) is 11.9 Å². The second-order valence-corrected chi connectivity index (χ2v) is 6.11. The molecule has 6 nitrogen and oxygen atoms in total. The molecule has 2 N–H and O–H groups in total. The van der Waals surface area contributed by atoms with E-state index < -0.39 is 0 Å². The Balaban J connectivity index is 1.49. The molecule has 1 aromatic heterocycles. The highest BCUT2D eigenvalue weighted by molar-refractivity contribution is 5.92. The lowest BCUT2D eigenvalue weighted by atomic mass is 10.3. The molecule has 0 atom stereocenters. The van der Waals surface area contributed by atoms with Crippen molar-refractivity contribution in [2.24, 2.45) is 0 Å². The number of hydrogen-bond acceptors (Lipinski definition) is 4.